The predicted octanol–water partition coefficient (Wildman–Crippen LogP) is 4.04. The normalized spacial score (nSPS) is 13.8. The quantitative estimate of drug-likeness (QED) is 0.0490. The van der Waals surface area contributed by atoms with Crippen molar-refractivity contribution in [1.82, 2.24) is 20.9 Å². The van der Waals surface area contributed by atoms with Gasteiger partial charge in [-0.05, 0) is 38.1 Å². The third-order valence-electron chi connectivity index (χ3n) is 9.82. The Balaban J connectivity index is 1.98. The van der Waals surface area contributed by atoms with E-state index in [1.54, 1.807) is 0 Å². The van der Waals surface area contributed by atoms with Gasteiger partial charge in [0.05, 0.1) is 46.1 Å². The summed E-state index contributed by atoms with van der Waals surface area (Å²) < 4.78 is 15.7. The maximum absolute atomic E-state index is 12.7. The minimum Gasteiger partial charge on any atom is -0.481 e. The van der Waals surface area contributed by atoms with Crippen LogP contribution in [0.25, 0.3) is 0 Å². The van der Waals surface area contributed by atoms with Gasteiger partial charge in [0, 0.05) is 39.0 Å². The van der Waals surface area contributed by atoms with Crippen LogP contribution < -0.4 is 16.0 Å². The predicted molar refractivity (Wildman–Crippen MR) is 210 cm³/mol. The number of ether oxygens (including phenoxy) is 3. The van der Waals surface area contributed by atoms with Crippen LogP contribution in [0.1, 0.15) is 135 Å². The molecule has 0 aromatic carbocycles. The number of piperidine rings is 1. The number of carbonyl (C=O) groups excluding carboxylic acids is 3. The first kappa shape index (κ1) is 50.2. The molecule has 55 heavy (non-hydrogen) atoms. The Kier molecular flexibility index (Phi) is 32.4. The summed E-state index contributed by atoms with van der Waals surface area (Å²) in [6, 6.07) is -1.00. The number of carboxylic acids is 2. The highest BCUT2D eigenvalue weighted by atomic mass is 16.5. The summed E-state index contributed by atoms with van der Waals surface area (Å²) in [7, 11) is 0. The molecule has 320 valence electrons. The first-order valence-corrected chi connectivity index (χ1v) is 21.1. The van der Waals surface area contributed by atoms with Crippen LogP contribution in [-0.2, 0) is 38.2 Å². The van der Waals surface area contributed by atoms with E-state index in [1.165, 1.54) is 70.6 Å². The fourth-order valence-electron chi connectivity index (χ4n) is 6.51. The molecule has 1 aliphatic rings. The molecule has 1 aliphatic heterocycles. The lowest BCUT2D eigenvalue weighted by atomic mass is 9.95. The van der Waals surface area contributed by atoms with E-state index < -0.39 is 23.9 Å². The number of hydrogen-bond acceptors (Lipinski definition) is 10. The molecule has 0 aliphatic carbocycles. The average Bonchev–Trinajstić information content (AvgIpc) is 3.16. The Morgan fingerprint density at radius 1 is 0.600 bits per heavy atom. The van der Waals surface area contributed by atoms with Gasteiger partial charge in [0.2, 0.25) is 17.7 Å². The Morgan fingerprint density at radius 2 is 1.07 bits per heavy atom. The molecule has 1 saturated heterocycles. The number of carboxylic acid groups (broad SMARTS) is 2. The smallest absolute Gasteiger partial charge is 0.321 e. The van der Waals surface area contributed by atoms with E-state index in [0.29, 0.717) is 45.6 Å². The monoisotopic (exact) mass is 787 g/mol. The van der Waals surface area contributed by atoms with Crippen molar-refractivity contribution in [3.05, 3.63) is 0 Å². The fraction of sp³-hybridized carbons (Fsp3) is 0.875. The summed E-state index contributed by atoms with van der Waals surface area (Å²) in [5.74, 6) is -1.99. The lowest BCUT2D eigenvalue weighted by Crippen LogP contribution is -2.46. The molecule has 1 heterocycles. The zero-order valence-corrected chi connectivity index (χ0v) is 33.5. The highest BCUT2D eigenvalue weighted by molar-refractivity contribution is 5.84. The lowest BCUT2D eigenvalue weighted by molar-refractivity contribution is -0.141. The number of aliphatic hydroxyl groups excluding tert-OH is 1. The largest absolute Gasteiger partial charge is 0.481 e. The summed E-state index contributed by atoms with van der Waals surface area (Å²) in [5.41, 5.74) is 0. The molecule has 1 atom stereocenters. The van der Waals surface area contributed by atoms with Crippen LogP contribution in [0.4, 0.5) is 0 Å². The van der Waals surface area contributed by atoms with Crippen LogP contribution in [0.2, 0.25) is 0 Å². The van der Waals surface area contributed by atoms with Gasteiger partial charge < -0.3 is 50.4 Å². The molecule has 3 amide bonds. The summed E-state index contributed by atoms with van der Waals surface area (Å²) >= 11 is 0. The van der Waals surface area contributed by atoms with Crippen LogP contribution in [0, 0.1) is 5.92 Å². The molecule has 1 rings (SSSR count). The first-order chi connectivity index (χ1) is 26.7. The van der Waals surface area contributed by atoms with E-state index in [4.69, 9.17) is 24.4 Å². The summed E-state index contributed by atoms with van der Waals surface area (Å²) in [6.45, 7) is 3.37. The average molecular weight is 787 g/mol. The molecule has 15 heteroatoms. The van der Waals surface area contributed by atoms with Crippen molar-refractivity contribution >= 4 is 29.7 Å². The van der Waals surface area contributed by atoms with Gasteiger partial charge in [0.15, 0.2) is 0 Å². The van der Waals surface area contributed by atoms with Gasteiger partial charge in [-0.15, -0.1) is 0 Å². The Bertz CT molecular complexity index is 1010. The van der Waals surface area contributed by atoms with Crippen molar-refractivity contribution in [3.8, 4) is 0 Å². The van der Waals surface area contributed by atoms with E-state index in [-0.39, 0.29) is 70.3 Å². The number of unbranched alkanes of at least 4 members (excludes halogenated alkanes) is 15. The SMILES string of the molecule is O=C(O)CCCCCCCCCCCCCCCCCCC(=O)N1CCC(CN[C@H](CC(=O)NCCOCCOCC(=O)NCCOCCO)C(=O)O)CC1. The number of rotatable bonds is 38. The maximum atomic E-state index is 12.7. The molecule has 0 aromatic heterocycles. The molecular weight excluding hydrogens is 712 g/mol. The minimum atomic E-state index is -1.08. The van der Waals surface area contributed by atoms with Crippen molar-refractivity contribution in [2.75, 3.05) is 79.0 Å². The van der Waals surface area contributed by atoms with E-state index in [1.807, 2.05) is 4.90 Å². The van der Waals surface area contributed by atoms with Gasteiger partial charge in [-0.25, -0.2) is 0 Å². The van der Waals surface area contributed by atoms with Crippen LogP contribution in [-0.4, -0.2) is 135 Å². The van der Waals surface area contributed by atoms with Crippen molar-refractivity contribution in [1.29, 1.82) is 0 Å². The fourth-order valence-corrected chi connectivity index (χ4v) is 6.51. The second-order valence-electron chi connectivity index (χ2n) is 14.6. The van der Waals surface area contributed by atoms with Gasteiger partial charge in [0.1, 0.15) is 12.6 Å². The van der Waals surface area contributed by atoms with Crippen molar-refractivity contribution in [2.45, 2.75) is 141 Å². The number of amides is 3. The molecule has 15 nitrogen and oxygen atoms in total. The Hall–Kier alpha value is -2.85. The van der Waals surface area contributed by atoms with E-state index in [2.05, 4.69) is 16.0 Å². The van der Waals surface area contributed by atoms with Gasteiger partial charge in [-0.2, -0.15) is 0 Å². The molecule has 0 spiro atoms. The molecule has 0 bridgehead atoms. The highest BCUT2D eigenvalue weighted by Gasteiger charge is 2.26. The number of likely N-dealkylation sites (tertiary alicyclic amines) is 1. The minimum absolute atomic E-state index is 0.0687. The van der Waals surface area contributed by atoms with Gasteiger partial charge in [-0.1, -0.05) is 89.9 Å². The Morgan fingerprint density at radius 3 is 1.58 bits per heavy atom. The molecule has 6 N–H and O–H groups in total. The number of carbonyl (C=O) groups is 5. The standard InChI is InChI=1S/C40H74N4O11/c45-25-28-53-26-22-42-37(47)33-55-30-29-54-27-21-41-36(46)31-35(40(51)52)43-32-34-19-23-44(24-20-34)38(48)17-15-13-11-9-7-5-3-1-2-4-6-8-10-12-14-16-18-39(49)50/h34-35,43,45H,1-33H2,(H,41,46)(H,42,47)(H,49,50)(H,51,52)/t35-/m1/s1. The number of hydrogen-bond donors (Lipinski definition) is 6. The summed E-state index contributed by atoms with van der Waals surface area (Å²) in [4.78, 5) is 61.0. The van der Waals surface area contributed by atoms with Crippen molar-refractivity contribution in [2.24, 2.45) is 5.92 Å². The van der Waals surface area contributed by atoms with Gasteiger partial charge in [-0.3, -0.25) is 24.0 Å². The van der Waals surface area contributed by atoms with E-state index >= 15 is 0 Å². The zero-order valence-electron chi connectivity index (χ0n) is 33.5. The van der Waals surface area contributed by atoms with Crippen LogP contribution in [0.3, 0.4) is 0 Å². The number of nitrogens with zero attached hydrogens (tertiary/aromatic N) is 1. The van der Waals surface area contributed by atoms with Crippen LogP contribution in [0.5, 0.6) is 0 Å². The number of aliphatic hydroxyl groups is 1. The second kappa shape index (κ2) is 35.6. The first-order valence-electron chi connectivity index (χ1n) is 21.1. The maximum Gasteiger partial charge on any atom is 0.321 e. The molecule has 1 fully saturated rings. The van der Waals surface area contributed by atoms with Gasteiger partial charge >= 0.3 is 11.9 Å². The molecule has 0 aromatic rings. The van der Waals surface area contributed by atoms with E-state index in [9.17, 15) is 29.1 Å². The van der Waals surface area contributed by atoms with Crippen molar-refractivity contribution in [3.63, 3.8) is 0 Å². The third kappa shape index (κ3) is 31.0. The molecular formula is C40H74N4O11. The number of aliphatic carboxylic acids is 2. The zero-order chi connectivity index (χ0) is 40.2. The van der Waals surface area contributed by atoms with Crippen LogP contribution >= 0.6 is 0 Å². The molecule has 0 radical (unpaired) electrons. The Labute approximate surface area is 329 Å². The summed E-state index contributed by atoms with van der Waals surface area (Å²) in [5, 5.41) is 35.2. The lowest BCUT2D eigenvalue weighted by Gasteiger charge is -2.32. The van der Waals surface area contributed by atoms with Gasteiger partial charge in [0.25, 0.3) is 0 Å². The second-order valence-corrected chi connectivity index (χ2v) is 14.6. The molecule has 0 saturated carbocycles. The topological polar surface area (TPSA) is 213 Å². The van der Waals surface area contributed by atoms with E-state index in [0.717, 1.165) is 44.9 Å². The summed E-state index contributed by atoms with van der Waals surface area (Å²) in [6.07, 6.45) is 21.3. The number of nitrogens with one attached hydrogen (secondary N) is 3. The van der Waals surface area contributed by atoms with Crippen LogP contribution in [0.15, 0.2) is 0 Å². The highest BCUT2D eigenvalue weighted by Crippen LogP contribution is 2.19. The third-order valence-corrected chi connectivity index (χ3v) is 9.82. The molecule has 0 unspecified atom stereocenters. The van der Waals surface area contributed by atoms with Crippen molar-refractivity contribution < 1.29 is 53.5 Å².